The van der Waals surface area contributed by atoms with E-state index in [0.29, 0.717) is 30.3 Å². The first kappa shape index (κ1) is 12.7. The Morgan fingerprint density at radius 2 is 1.75 bits per heavy atom. The summed E-state index contributed by atoms with van der Waals surface area (Å²) in [5.41, 5.74) is 3.51. The van der Waals surface area contributed by atoms with Gasteiger partial charge in [0.2, 0.25) is 0 Å². The maximum atomic E-state index is 12.6. The second kappa shape index (κ2) is 5.00. The van der Waals surface area contributed by atoms with Crippen LogP contribution >= 0.6 is 0 Å². The van der Waals surface area contributed by atoms with Crippen molar-refractivity contribution in [3.05, 3.63) is 58.7 Å². The average molecular weight is 268 g/mol. The summed E-state index contributed by atoms with van der Waals surface area (Å²) >= 11 is 0. The lowest BCUT2D eigenvalue weighted by atomic mass is 9.96. The highest BCUT2D eigenvalue weighted by Crippen LogP contribution is 2.31. The zero-order valence-electron chi connectivity index (χ0n) is 11.6. The van der Waals surface area contributed by atoms with E-state index >= 15 is 0 Å². The third-order valence-electron chi connectivity index (χ3n) is 3.65. The number of carbonyl (C=O) groups excluding carboxylic acids is 1. The maximum Gasteiger partial charge on any atom is 0.193 e. The highest BCUT2D eigenvalue weighted by molar-refractivity contribution is 6.10. The van der Waals surface area contributed by atoms with Crippen molar-refractivity contribution in [1.82, 2.24) is 0 Å². The summed E-state index contributed by atoms with van der Waals surface area (Å²) in [5, 5.41) is 0. The Hall–Kier alpha value is -2.29. The molecule has 0 amide bonds. The van der Waals surface area contributed by atoms with Crippen LogP contribution in [0.3, 0.4) is 0 Å². The molecular weight excluding hydrogens is 252 g/mol. The Morgan fingerprint density at radius 3 is 2.55 bits per heavy atom. The lowest BCUT2D eigenvalue weighted by Crippen LogP contribution is -2.16. The van der Waals surface area contributed by atoms with Crippen LogP contribution < -0.4 is 9.47 Å². The molecule has 0 aromatic heterocycles. The lowest BCUT2D eigenvalue weighted by Gasteiger charge is -2.18. The zero-order chi connectivity index (χ0) is 14.1. The van der Waals surface area contributed by atoms with Crippen LogP contribution in [0.4, 0.5) is 0 Å². The lowest BCUT2D eigenvalue weighted by molar-refractivity contribution is 0.103. The molecular formula is C17H16O3. The van der Waals surface area contributed by atoms with Crippen LogP contribution in [-0.2, 0) is 0 Å². The van der Waals surface area contributed by atoms with E-state index < -0.39 is 0 Å². The molecule has 0 aliphatic carbocycles. The van der Waals surface area contributed by atoms with Gasteiger partial charge in [-0.1, -0.05) is 18.2 Å². The molecule has 0 atom stereocenters. The SMILES string of the molecule is Cc1cccc(C(=O)c2ccc3c(c2)OCCO3)c1C. The number of hydrogen-bond donors (Lipinski definition) is 0. The van der Waals surface area contributed by atoms with Gasteiger partial charge in [-0.2, -0.15) is 0 Å². The minimum Gasteiger partial charge on any atom is -0.486 e. The first-order valence-electron chi connectivity index (χ1n) is 6.67. The zero-order valence-corrected chi connectivity index (χ0v) is 11.6. The molecule has 1 heterocycles. The molecule has 0 radical (unpaired) electrons. The molecule has 0 N–H and O–H groups in total. The Bertz CT molecular complexity index is 674. The van der Waals surface area contributed by atoms with Crippen molar-refractivity contribution in [3.8, 4) is 11.5 Å². The Labute approximate surface area is 118 Å². The van der Waals surface area contributed by atoms with Crippen LogP contribution in [-0.4, -0.2) is 19.0 Å². The normalized spacial score (nSPS) is 13.1. The van der Waals surface area contributed by atoms with Gasteiger partial charge in [0.25, 0.3) is 0 Å². The third kappa shape index (κ3) is 2.16. The molecule has 1 aliphatic rings. The first-order valence-corrected chi connectivity index (χ1v) is 6.67. The highest BCUT2D eigenvalue weighted by atomic mass is 16.6. The van der Waals surface area contributed by atoms with E-state index in [0.717, 1.165) is 16.7 Å². The van der Waals surface area contributed by atoms with Gasteiger partial charge in [0.05, 0.1) is 0 Å². The van der Waals surface area contributed by atoms with Crippen molar-refractivity contribution < 1.29 is 14.3 Å². The molecule has 3 heteroatoms. The van der Waals surface area contributed by atoms with Crippen LogP contribution in [0.15, 0.2) is 36.4 Å². The molecule has 1 aliphatic heterocycles. The van der Waals surface area contributed by atoms with Crippen LogP contribution in [0.5, 0.6) is 11.5 Å². The number of fused-ring (bicyclic) bond motifs is 1. The largest absolute Gasteiger partial charge is 0.486 e. The van der Waals surface area contributed by atoms with Gasteiger partial charge in [-0.05, 0) is 43.2 Å². The van der Waals surface area contributed by atoms with E-state index in [1.165, 1.54) is 0 Å². The summed E-state index contributed by atoms with van der Waals surface area (Å²) in [6, 6.07) is 11.1. The van der Waals surface area contributed by atoms with Gasteiger partial charge in [-0.25, -0.2) is 0 Å². The number of benzene rings is 2. The van der Waals surface area contributed by atoms with Crippen molar-refractivity contribution >= 4 is 5.78 Å². The van der Waals surface area contributed by atoms with E-state index in [9.17, 15) is 4.79 Å². The Morgan fingerprint density at radius 1 is 1.00 bits per heavy atom. The Kier molecular flexibility index (Phi) is 3.18. The van der Waals surface area contributed by atoms with Crippen molar-refractivity contribution in [2.24, 2.45) is 0 Å². The summed E-state index contributed by atoms with van der Waals surface area (Å²) in [5.74, 6) is 1.37. The minimum absolute atomic E-state index is 0.0168. The van der Waals surface area contributed by atoms with Gasteiger partial charge in [-0.15, -0.1) is 0 Å². The number of aryl methyl sites for hydroxylation is 1. The number of rotatable bonds is 2. The fourth-order valence-electron chi connectivity index (χ4n) is 2.34. The van der Waals surface area contributed by atoms with Crippen LogP contribution in [0.25, 0.3) is 0 Å². The van der Waals surface area contributed by atoms with Gasteiger partial charge in [0, 0.05) is 11.1 Å². The van der Waals surface area contributed by atoms with E-state index in [2.05, 4.69) is 0 Å². The summed E-state index contributed by atoms with van der Waals surface area (Å²) in [6.07, 6.45) is 0. The van der Waals surface area contributed by atoms with Gasteiger partial charge >= 0.3 is 0 Å². The number of ketones is 1. The molecule has 0 bridgehead atoms. The molecule has 0 saturated heterocycles. The molecule has 0 spiro atoms. The summed E-state index contributed by atoms with van der Waals surface area (Å²) in [4.78, 5) is 12.6. The van der Waals surface area contributed by atoms with Crippen molar-refractivity contribution in [2.45, 2.75) is 13.8 Å². The summed E-state index contributed by atoms with van der Waals surface area (Å²) in [7, 11) is 0. The molecule has 0 unspecified atom stereocenters. The maximum absolute atomic E-state index is 12.6. The van der Waals surface area contributed by atoms with Crippen LogP contribution in [0.1, 0.15) is 27.0 Å². The van der Waals surface area contributed by atoms with Crippen molar-refractivity contribution in [3.63, 3.8) is 0 Å². The van der Waals surface area contributed by atoms with E-state index in [-0.39, 0.29) is 5.78 Å². The molecule has 0 saturated carbocycles. The monoisotopic (exact) mass is 268 g/mol. The second-order valence-corrected chi connectivity index (χ2v) is 4.94. The first-order chi connectivity index (χ1) is 9.66. The predicted octanol–water partition coefficient (Wildman–Crippen LogP) is 3.31. The summed E-state index contributed by atoms with van der Waals surface area (Å²) < 4.78 is 11.0. The molecule has 2 aromatic carbocycles. The topological polar surface area (TPSA) is 35.5 Å². The number of carbonyl (C=O) groups is 1. The van der Waals surface area contributed by atoms with E-state index in [1.807, 2.05) is 32.0 Å². The predicted molar refractivity (Wildman–Crippen MR) is 76.8 cm³/mol. The fraction of sp³-hybridized carbons (Fsp3) is 0.235. The van der Waals surface area contributed by atoms with E-state index in [4.69, 9.17) is 9.47 Å². The fourth-order valence-corrected chi connectivity index (χ4v) is 2.34. The Balaban J connectivity index is 2.00. The minimum atomic E-state index is 0.0168. The smallest absolute Gasteiger partial charge is 0.193 e. The average Bonchev–Trinajstić information content (AvgIpc) is 2.49. The number of ether oxygens (including phenoxy) is 2. The van der Waals surface area contributed by atoms with Gasteiger partial charge < -0.3 is 9.47 Å². The van der Waals surface area contributed by atoms with Gasteiger partial charge in [0.15, 0.2) is 17.3 Å². The summed E-state index contributed by atoms with van der Waals surface area (Å²) in [6.45, 7) is 5.06. The number of hydrogen-bond acceptors (Lipinski definition) is 3. The molecule has 3 nitrogen and oxygen atoms in total. The molecule has 0 fully saturated rings. The van der Waals surface area contributed by atoms with Crippen LogP contribution in [0.2, 0.25) is 0 Å². The van der Waals surface area contributed by atoms with Crippen molar-refractivity contribution in [1.29, 1.82) is 0 Å². The van der Waals surface area contributed by atoms with Crippen LogP contribution in [0, 0.1) is 13.8 Å². The molecule has 20 heavy (non-hydrogen) atoms. The molecule has 102 valence electrons. The third-order valence-corrected chi connectivity index (χ3v) is 3.65. The second-order valence-electron chi connectivity index (χ2n) is 4.94. The van der Waals surface area contributed by atoms with Crippen molar-refractivity contribution in [2.75, 3.05) is 13.2 Å². The standard InChI is InChI=1S/C17H16O3/c1-11-4-3-5-14(12(11)2)17(18)13-6-7-15-16(10-13)20-9-8-19-15/h3-7,10H,8-9H2,1-2H3. The quantitative estimate of drug-likeness (QED) is 0.784. The highest BCUT2D eigenvalue weighted by Gasteiger charge is 2.17. The van der Waals surface area contributed by atoms with Gasteiger partial charge in [0.1, 0.15) is 13.2 Å². The van der Waals surface area contributed by atoms with E-state index in [1.54, 1.807) is 18.2 Å². The molecule has 2 aromatic rings. The van der Waals surface area contributed by atoms with Gasteiger partial charge in [-0.3, -0.25) is 4.79 Å². The molecule has 3 rings (SSSR count).